The van der Waals surface area contributed by atoms with Crippen molar-refractivity contribution in [1.82, 2.24) is 19.7 Å². The summed E-state index contributed by atoms with van der Waals surface area (Å²) in [5.41, 5.74) is 0.471. The van der Waals surface area contributed by atoms with Crippen LogP contribution in [0, 0.1) is 5.82 Å². The summed E-state index contributed by atoms with van der Waals surface area (Å²) in [4.78, 5) is 29.1. The van der Waals surface area contributed by atoms with Crippen LogP contribution in [0.5, 0.6) is 0 Å². The van der Waals surface area contributed by atoms with Crippen LogP contribution in [0.1, 0.15) is 42.5 Å². The van der Waals surface area contributed by atoms with Gasteiger partial charge in [-0.1, -0.05) is 0 Å². The summed E-state index contributed by atoms with van der Waals surface area (Å²) < 4.78 is 15.6. The number of piperidine rings is 1. The molecule has 3 rings (SSSR count). The van der Waals surface area contributed by atoms with Crippen LogP contribution in [-0.2, 0) is 4.79 Å². The van der Waals surface area contributed by atoms with Crippen molar-refractivity contribution in [1.29, 1.82) is 0 Å². The largest absolute Gasteiger partial charge is 0.481 e. The zero-order valence-electron chi connectivity index (χ0n) is 13.6. The van der Waals surface area contributed by atoms with E-state index >= 15 is 0 Å². The fourth-order valence-corrected chi connectivity index (χ4v) is 3.18. The minimum Gasteiger partial charge on any atom is -0.481 e. The SMILES string of the molecule is O=C(O)CCC1CCCCN1C(=O)c1ccc(-n2cncn2)c(F)c1. The first-order valence-corrected chi connectivity index (χ1v) is 8.23. The Morgan fingerprint density at radius 3 is 2.84 bits per heavy atom. The Bertz CT molecular complexity index is 763. The lowest BCUT2D eigenvalue weighted by atomic mass is 9.97. The molecule has 1 saturated heterocycles. The highest BCUT2D eigenvalue weighted by molar-refractivity contribution is 5.94. The van der Waals surface area contributed by atoms with E-state index in [0.717, 1.165) is 19.3 Å². The first-order valence-electron chi connectivity index (χ1n) is 8.23. The van der Waals surface area contributed by atoms with E-state index in [1.54, 1.807) is 11.0 Å². The molecule has 0 aliphatic carbocycles. The molecule has 1 aromatic heterocycles. The van der Waals surface area contributed by atoms with Crippen molar-refractivity contribution in [3.63, 3.8) is 0 Å². The van der Waals surface area contributed by atoms with Gasteiger partial charge in [-0.2, -0.15) is 5.10 Å². The normalized spacial score (nSPS) is 17.5. The van der Waals surface area contributed by atoms with Crippen LogP contribution >= 0.6 is 0 Å². The van der Waals surface area contributed by atoms with Crippen molar-refractivity contribution < 1.29 is 19.1 Å². The summed E-state index contributed by atoms with van der Waals surface area (Å²) in [6.45, 7) is 0.565. The van der Waals surface area contributed by atoms with Crippen LogP contribution in [0.2, 0.25) is 0 Å². The average molecular weight is 346 g/mol. The third-order valence-corrected chi connectivity index (χ3v) is 4.44. The van der Waals surface area contributed by atoms with Gasteiger partial charge in [-0.05, 0) is 43.9 Å². The predicted octanol–water partition coefficient (Wildman–Crippen LogP) is 2.27. The summed E-state index contributed by atoms with van der Waals surface area (Å²) in [5.74, 6) is -1.70. The van der Waals surface area contributed by atoms with Gasteiger partial charge in [0.25, 0.3) is 5.91 Å². The number of likely N-dealkylation sites (tertiary alicyclic amines) is 1. The molecule has 1 fully saturated rings. The molecule has 7 nitrogen and oxygen atoms in total. The highest BCUT2D eigenvalue weighted by Crippen LogP contribution is 2.24. The van der Waals surface area contributed by atoms with Gasteiger partial charge in [0.2, 0.25) is 0 Å². The second-order valence-electron chi connectivity index (χ2n) is 6.09. The van der Waals surface area contributed by atoms with Gasteiger partial charge in [0, 0.05) is 24.6 Å². The molecule has 25 heavy (non-hydrogen) atoms. The molecule has 1 amide bonds. The zero-order chi connectivity index (χ0) is 17.8. The van der Waals surface area contributed by atoms with Gasteiger partial charge in [-0.15, -0.1) is 0 Å². The molecule has 0 spiro atoms. The fourth-order valence-electron chi connectivity index (χ4n) is 3.18. The number of carbonyl (C=O) groups is 2. The molecule has 1 unspecified atom stereocenters. The number of benzene rings is 1. The number of carbonyl (C=O) groups excluding carboxylic acids is 1. The second kappa shape index (κ2) is 7.42. The number of hydrogen-bond acceptors (Lipinski definition) is 4. The number of halogens is 1. The van der Waals surface area contributed by atoms with Crippen LogP contribution in [0.15, 0.2) is 30.9 Å². The number of carboxylic acid groups (broad SMARTS) is 1. The van der Waals surface area contributed by atoms with Crippen LogP contribution < -0.4 is 0 Å². The van der Waals surface area contributed by atoms with E-state index in [2.05, 4.69) is 10.1 Å². The number of nitrogens with zero attached hydrogens (tertiary/aromatic N) is 4. The van der Waals surface area contributed by atoms with Crippen molar-refractivity contribution in [2.45, 2.75) is 38.1 Å². The van der Waals surface area contributed by atoms with Gasteiger partial charge >= 0.3 is 5.97 Å². The van der Waals surface area contributed by atoms with Gasteiger partial charge in [0.1, 0.15) is 24.2 Å². The quantitative estimate of drug-likeness (QED) is 0.897. The summed E-state index contributed by atoms with van der Waals surface area (Å²) in [7, 11) is 0. The van der Waals surface area contributed by atoms with Gasteiger partial charge in [-0.25, -0.2) is 14.1 Å². The molecule has 1 N–H and O–H groups in total. The summed E-state index contributed by atoms with van der Waals surface area (Å²) in [6.07, 6.45) is 5.74. The Labute approximate surface area is 144 Å². The van der Waals surface area contributed by atoms with E-state index in [9.17, 15) is 14.0 Å². The molecule has 132 valence electrons. The number of rotatable bonds is 5. The third kappa shape index (κ3) is 3.84. The Morgan fingerprint density at radius 2 is 2.16 bits per heavy atom. The zero-order valence-corrected chi connectivity index (χ0v) is 13.6. The average Bonchev–Trinajstić information content (AvgIpc) is 3.13. The smallest absolute Gasteiger partial charge is 0.303 e. The third-order valence-electron chi connectivity index (χ3n) is 4.44. The Balaban J connectivity index is 1.79. The minimum atomic E-state index is -0.874. The van der Waals surface area contributed by atoms with Crippen molar-refractivity contribution in [3.05, 3.63) is 42.2 Å². The van der Waals surface area contributed by atoms with Crippen molar-refractivity contribution >= 4 is 11.9 Å². The number of carboxylic acids is 1. The van der Waals surface area contributed by atoms with Gasteiger partial charge in [-0.3, -0.25) is 9.59 Å². The molecule has 2 heterocycles. The Hall–Kier alpha value is -2.77. The predicted molar refractivity (Wildman–Crippen MR) is 86.9 cm³/mol. The van der Waals surface area contributed by atoms with E-state index in [1.165, 1.54) is 29.5 Å². The van der Waals surface area contributed by atoms with Gasteiger partial charge < -0.3 is 10.0 Å². The van der Waals surface area contributed by atoms with Crippen LogP contribution in [0.4, 0.5) is 4.39 Å². The topological polar surface area (TPSA) is 88.3 Å². The maximum Gasteiger partial charge on any atom is 0.303 e. The molecule has 1 aliphatic rings. The minimum absolute atomic E-state index is 0.0219. The Morgan fingerprint density at radius 1 is 1.32 bits per heavy atom. The fraction of sp³-hybridized carbons (Fsp3) is 0.412. The van der Waals surface area contributed by atoms with E-state index in [1.807, 2.05) is 0 Å². The van der Waals surface area contributed by atoms with Crippen molar-refractivity contribution in [2.24, 2.45) is 0 Å². The van der Waals surface area contributed by atoms with E-state index in [4.69, 9.17) is 5.11 Å². The number of aromatic nitrogens is 3. The molecule has 0 radical (unpaired) electrons. The lowest BCUT2D eigenvalue weighted by Crippen LogP contribution is -2.44. The highest BCUT2D eigenvalue weighted by atomic mass is 19.1. The Kier molecular flexibility index (Phi) is 5.06. The lowest BCUT2D eigenvalue weighted by Gasteiger charge is -2.35. The molecular weight excluding hydrogens is 327 g/mol. The monoisotopic (exact) mass is 346 g/mol. The summed E-state index contributed by atoms with van der Waals surface area (Å²) in [6, 6.07) is 4.14. The second-order valence-corrected chi connectivity index (χ2v) is 6.09. The maximum absolute atomic E-state index is 14.4. The first kappa shape index (κ1) is 17.1. The molecule has 0 saturated carbocycles. The first-order chi connectivity index (χ1) is 12.1. The van der Waals surface area contributed by atoms with Gasteiger partial charge in [0.15, 0.2) is 0 Å². The maximum atomic E-state index is 14.4. The van der Waals surface area contributed by atoms with E-state index in [-0.39, 0.29) is 29.6 Å². The van der Waals surface area contributed by atoms with E-state index < -0.39 is 11.8 Å². The summed E-state index contributed by atoms with van der Waals surface area (Å²) in [5, 5.41) is 12.8. The molecule has 2 aromatic rings. The van der Waals surface area contributed by atoms with Gasteiger partial charge in [0.05, 0.1) is 0 Å². The molecular formula is C17H19FN4O3. The number of amides is 1. The lowest BCUT2D eigenvalue weighted by molar-refractivity contribution is -0.137. The van der Waals surface area contributed by atoms with E-state index in [0.29, 0.717) is 13.0 Å². The standard InChI is InChI=1S/C17H19FN4O3/c18-14-9-12(4-6-15(14)22-11-19-10-20-22)17(25)21-8-2-1-3-13(21)5-7-16(23)24/h4,6,9-11,13H,1-3,5,7-8H2,(H,23,24). The van der Waals surface area contributed by atoms with Crippen molar-refractivity contribution in [2.75, 3.05) is 6.54 Å². The molecule has 1 atom stereocenters. The molecule has 8 heteroatoms. The number of hydrogen-bond donors (Lipinski definition) is 1. The molecule has 1 aliphatic heterocycles. The van der Waals surface area contributed by atoms with Crippen LogP contribution in [0.3, 0.4) is 0 Å². The molecule has 1 aromatic carbocycles. The van der Waals surface area contributed by atoms with Crippen LogP contribution in [0.25, 0.3) is 5.69 Å². The summed E-state index contributed by atoms with van der Waals surface area (Å²) >= 11 is 0. The van der Waals surface area contributed by atoms with Crippen molar-refractivity contribution in [3.8, 4) is 5.69 Å². The highest BCUT2D eigenvalue weighted by Gasteiger charge is 2.28. The number of aliphatic carboxylic acids is 1. The molecule has 0 bridgehead atoms. The van der Waals surface area contributed by atoms with Crippen LogP contribution in [-0.4, -0.2) is 49.2 Å².